The van der Waals surface area contributed by atoms with Gasteiger partial charge in [-0.25, -0.2) is 0 Å². The fourth-order valence-electron chi connectivity index (χ4n) is 0.782. The fraction of sp³-hybridized carbons (Fsp3) is 1.00. The van der Waals surface area contributed by atoms with E-state index in [1.165, 1.54) is 6.42 Å². The third-order valence-electron chi connectivity index (χ3n) is 1.21. The van der Waals surface area contributed by atoms with Crippen molar-refractivity contribution >= 4 is 20.6 Å². The SMILES string of the molecule is CC1CCC(S)O1.CCO.CP(C)C. The van der Waals surface area contributed by atoms with Crippen LogP contribution in [0.3, 0.4) is 0 Å². The molecule has 0 aromatic rings. The molecule has 1 aliphatic rings. The first-order chi connectivity index (χ1) is 6.43. The second-order valence-electron chi connectivity index (χ2n) is 3.64. The van der Waals surface area contributed by atoms with Gasteiger partial charge in [-0.15, -0.1) is 20.6 Å². The molecule has 2 unspecified atom stereocenters. The minimum atomic E-state index is 0.218. The first kappa shape index (κ1) is 17.1. The number of rotatable bonds is 0. The second-order valence-corrected chi connectivity index (χ2v) is 6.90. The summed E-state index contributed by atoms with van der Waals surface area (Å²) in [6, 6.07) is 0. The Morgan fingerprint density at radius 2 is 1.71 bits per heavy atom. The van der Waals surface area contributed by atoms with Gasteiger partial charge in [-0.05, 0) is 46.7 Å². The van der Waals surface area contributed by atoms with Crippen molar-refractivity contribution in [3.8, 4) is 0 Å². The Bertz CT molecular complexity index is 102. The van der Waals surface area contributed by atoms with Crippen LogP contribution in [0.1, 0.15) is 26.7 Å². The molecule has 0 aromatic heterocycles. The number of aliphatic hydroxyl groups excluding tert-OH is 1. The molecule has 4 heteroatoms. The van der Waals surface area contributed by atoms with E-state index in [4.69, 9.17) is 9.84 Å². The Balaban J connectivity index is 0. The molecule has 0 amide bonds. The molecule has 0 spiro atoms. The van der Waals surface area contributed by atoms with Crippen molar-refractivity contribution < 1.29 is 9.84 Å². The van der Waals surface area contributed by atoms with Crippen molar-refractivity contribution in [3.63, 3.8) is 0 Å². The standard InChI is InChI=1S/C5H10OS.C3H9P.C2H6O/c1-4-2-3-5(7)6-4;1-4(2)3;1-2-3/h4-5,7H,2-3H2,1H3;1-3H3;3H,2H2,1H3. The van der Waals surface area contributed by atoms with Gasteiger partial charge in [0.25, 0.3) is 0 Å². The van der Waals surface area contributed by atoms with Crippen LogP contribution in [0.25, 0.3) is 0 Å². The summed E-state index contributed by atoms with van der Waals surface area (Å²) in [6.45, 7) is 10.7. The van der Waals surface area contributed by atoms with Crippen LogP contribution in [0.4, 0.5) is 0 Å². The highest BCUT2D eigenvalue weighted by Crippen LogP contribution is 2.20. The van der Waals surface area contributed by atoms with E-state index in [1.54, 1.807) is 6.92 Å². The van der Waals surface area contributed by atoms with E-state index < -0.39 is 0 Å². The van der Waals surface area contributed by atoms with Gasteiger partial charge in [0.05, 0.1) is 6.10 Å². The average Bonchev–Trinajstić information content (AvgIpc) is 2.34. The molecule has 0 radical (unpaired) electrons. The average molecular weight is 240 g/mol. The van der Waals surface area contributed by atoms with Crippen LogP contribution in [0.5, 0.6) is 0 Å². The Morgan fingerprint density at radius 1 is 1.36 bits per heavy atom. The number of hydrogen-bond acceptors (Lipinski definition) is 3. The predicted octanol–water partition coefficient (Wildman–Crippen LogP) is 2.80. The van der Waals surface area contributed by atoms with Gasteiger partial charge in [0.1, 0.15) is 5.44 Å². The number of thiol groups is 1. The minimum absolute atomic E-state index is 0.218. The van der Waals surface area contributed by atoms with Gasteiger partial charge in [0.15, 0.2) is 0 Å². The van der Waals surface area contributed by atoms with E-state index in [9.17, 15) is 0 Å². The van der Waals surface area contributed by atoms with Gasteiger partial charge >= 0.3 is 0 Å². The molecule has 2 nitrogen and oxygen atoms in total. The molecule has 14 heavy (non-hydrogen) atoms. The third-order valence-corrected chi connectivity index (χ3v) is 1.59. The summed E-state index contributed by atoms with van der Waals surface area (Å²) in [7, 11) is 0.380. The Hall–Kier alpha value is 0.700. The summed E-state index contributed by atoms with van der Waals surface area (Å²) in [4.78, 5) is 0. The zero-order chi connectivity index (χ0) is 11.6. The maximum absolute atomic E-state index is 7.57. The Labute approximate surface area is 95.6 Å². The summed E-state index contributed by atoms with van der Waals surface area (Å²) in [5, 5.41) is 7.57. The summed E-state index contributed by atoms with van der Waals surface area (Å²) < 4.78 is 5.23. The molecule has 88 valence electrons. The zero-order valence-electron chi connectivity index (χ0n) is 10.0. The molecule has 0 saturated carbocycles. The Kier molecular flexibility index (Phi) is 14.4. The lowest BCUT2D eigenvalue weighted by Crippen LogP contribution is -1.99. The van der Waals surface area contributed by atoms with Crippen LogP contribution in [0.15, 0.2) is 0 Å². The zero-order valence-corrected chi connectivity index (χ0v) is 11.8. The smallest absolute Gasteiger partial charge is 0.100 e. The molecule has 0 aromatic carbocycles. The van der Waals surface area contributed by atoms with E-state index in [1.807, 2.05) is 0 Å². The first-order valence-corrected chi connectivity index (χ1v) is 8.19. The van der Waals surface area contributed by atoms with Crippen molar-refractivity contribution in [2.75, 3.05) is 26.6 Å². The van der Waals surface area contributed by atoms with Gasteiger partial charge in [-0.1, -0.05) is 0 Å². The third kappa shape index (κ3) is 18.5. The minimum Gasteiger partial charge on any atom is -0.397 e. The molecule has 1 rings (SSSR count). The summed E-state index contributed by atoms with van der Waals surface area (Å²) in [5.41, 5.74) is 0.218. The van der Waals surface area contributed by atoms with E-state index in [0.29, 0.717) is 14.0 Å². The van der Waals surface area contributed by atoms with Gasteiger partial charge in [-0.2, -0.15) is 0 Å². The number of aliphatic hydroxyl groups is 1. The quantitative estimate of drug-likeness (QED) is 0.503. The molecule has 0 bridgehead atoms. The second kappa shape index (κ2) is 11.8. The molecular weight excluding hydrogens is 215 g/mol. The van der Waals surface area contributed by atoms with E-state index in [0.717, 1.165) is 6.42 Å². The molecule has 1 heterocycles. The lowest BCUT2D eigenvalue weighted by molar-refractivity contribution is 0.107. The van der Waals surface area contributed by atoms with Crippen LogP contribution in [0, 0.1) is 0 Å². The summed E-state index contributed by atoms with van der Waals surface area (Å²) in [5.74, 6) is 0. The van der Waals surface area contributed by atoms with E-state index in [-0.39, 0.29) is 12.0 Å². The molecule has 1 fully saturated rings. The van der Waals surface area contributed by atoms with Crippen molar-refractivity contribution in [1.29, 1.82) is 0 Å². The molecule has 1 aliphatic heterocycles. The predicted molar refractivity (Wildman–Crippen MR) is 70.0 cm³/mol. The molecule has 0 aliphatic carbocycles. The van der Waals surface area contributed by atoms with Crippen molar-refractivity contribution in [2.45, 2.75) is 38.2 Å². The lowest BCUT2D eigenvalue weighted by atomic mass is 10.3. The highest BCUT2D eigenvalue weighted by molar-refractivity contribution is 7.80. The van der Waals surface area contributed by atoms with Gasteiger partial charge in [-0.3, -0.25) is 0 Å². The van der Waals surface area contributed by atoms with E-state index in [2.05, 4.69) is 39.5 Å². The van der Waals surface area contributed by atoms with E-state index >= 15 is 0 Å². The highest BCUT2D eigenvalue weighted by Gasteiger charge is 2.16. The molecule has 1 saturated heterocycles. The van der Waals surface area contributed by atoms with Crippen LogP contribution < -0.4 is 0 Å². The highest BCUT2D eigenvalue weighted by atomic mass is 32.1. The monoisotopic (exact) mass is 240 g/mol. The normalized spacial score (nSPS) is 24.9. The molecular formula is C10H25O2PS. The van der Waals surface area contributed by atoms with Crippen LogP contribution in [0.2, 0.25) is 0 Å². The van der Waals surface area contributed by atoms with Crippen molar-refractivity contribution in [3.05, 3.63) is 0 Å². The van der Waals surface area contributed by atoms with Crippen molar-refractivity contribution in [2.24, 2.45) is 0 Å². The summed E-state index contributed by atoms with van der Waals surface area (Å²) in [6.07, 6.45) is 2.74. The van der Waals surface area contributed by atoms with Crippen LogP contribution in [-0.4, -0.2) is 43.2 Å². The summed E-state index contributed by atoms with van der Waals surface area (Å²) >= 11 is 4.13. The first-order valence-electron chi connectivity index (χ1n) is 4.99. The number of hydrogen-bond donors (Lipinski definition) is 2. The van der Waals surface area contributed by atoms with Gasteiger partial charge in [0.2, 0.25) is 0 Å². The molecule has 1 N–H and O–H groups in total. The fourth-order valence-corrected chi connectivity index (χ4v) is 1.14. The van der Waals surface area contributed by atoms with Crippen molar-refractivity contribution in [1.82, 2.24) is 0 Å². The van der Waals surface area contributed by atoms with Gasteiger partial charge in [0, 0.05) is 6.61 Å². The van der Waals surface area contributed by atoms with Gasteiger partial charge < -0.3 is 9.84 Å². The van der Waals surface area contributed by atoms with Crippen LogP contribution >= 0.6 is 20.6 Å². The number of ether oxygens (including phenoxy) is 1. The maximum atomic E-state index is 7.57. The lowest BCUT2D eigenvalue weighted by Gasteiger charge is -2.00. The molecule has 2 atom stereocenters. The maximum Gasteiger partial charge on any atom is 0.100 e. The topological polar surface area (TPSA) is 29.5 Å². The largest absolute Gasteiger partial charge is 0.397 e. The van der Waals surface area contributed by atoms with Crippen LogP contribution in [-0.2, 0) is 4.74 Å². The Morgan fingerprint density at radius 3 is 1.79 bits per heavy atom.